The molecular weight excluding hydrogens is 511 g/mol. The number of carbonyl (C=O) groups is 1. The van der Waals surface area contributed by atoms with E-state index in [2.05, 4.69) is 4.98 Å². The van der Waals surface area contributed by atoms with Gasteiger partial charge in [-0.05, 0) is 54.4 Å². The van der Waals surface area contributed by atoms with Crippen LogP contribution in [-0.2, 0) is 21.0 Å². The highest BCUT2D eigenvalue weighted by molar-refractivity contribution is 7.92. The van der Waals surface area contributed by atoms with Gasteiger partial charge in [-0.2, -0.15) is 13.2 Å². The van der Waals surface area contributed by atoms with Crippen molar-refractivity contribution in [2.45, 2.75) is 30.0 Å². The standard InChI is InChI=1S/C25H20F3N3O5S/c26-25(27,28)17-3-1-4-19(14-17)37(34,35)31-15-18(7-9-23(32)33)36-22-8-6-16(13-21(22)31)20-5-2-11-30-12-10-29-24(20)30/h1-6,8,10-14,18H,7,9,15H2,(H,32,33)/t18-/m0/s1. The fraction of sp³-hybridized carbons (Fsp3) is 0.200. The Labute approximate surface area is 209 Å². The number of alkyl halides is 3. The Hall–Kier alpha value is -4.06. The summed E-state index contributed by atoms with van der Waals surface area (Å²) in [5, 5.41) is 9.08. The Morgan fingerprint density at radius 3 is 2.68 bits per heavy atom. The molecule has 0 aliphatic carbocycles. The molecule has 1 aliphatic heterocycles. The number of anilines is 1. The maximum atomic E-state index is 13.7. The molecule has 0 amide bonds. The number of aromatic nitrogens is 2. The van der Waals surface area contributed by atoms with Crippen LogP contribution in [0.3, 0.4) is 0 Å². The summed E-state index contributed by atoms with van der Waals surface area (Å²) in [6.45, 7) is -0.268. The van der Waals surface area contributed by atoms with E-state index < -0.39 is 38.7 Å². The number of pyridine rings is 1. The Bertz CT molecular complexity index is 1600. The smallest absolute Gasteiger partial charge is 0.416 e. The number of fused-ring (bicyclic) bond motifs is 2. The van der Waals surface area contributed by atoms with E-state index in [-0.39, 0.29) is 30.8 Å². The van der Waals surface area contributed by atoms with E-state index in [1.807, 2.05) is 12.3 Å². The molecule has 2 aromatic heterocycles. The number of carboxylic acid groups (broad SMARTS) is 1. The number of imidazole rings is 1. The maximum Gasteiger partial charge on any atom is 0.416 e. The van der Waals surface area contributed by atoms with E-state index in [0.29, 0.717) is 22.8 Å². The predicted molar refractivity (Wildman–Crippen MR) is 128 cm³/mol. The van der Waals surface area contributed by atoms with Gasteiger partial charge in [0.15, 0.2) is 0 Å². The van der Waals surface area contributed by atoms with Gasteiger partial charge in [-0.1, -0.05) is 12.1 Å². The van der Waals surface area contributed by atoms with Gasteiger partial charge in [0.2, 0.25) is 0 Å². The highest BCUT2D eigenvalue weighted by Crippen LogP contribution is 2.41. The molecule has 8 nitrogen and oxygen atoms in total. The lowest BCUT2D eigenvalue weighted by atomic mass is 10.0. The first kappa shape index (κ1) is 24.6. The Balaban J connectivity index is 1.62. The summed E-state index contributed by atoms with van der Waals surface area (Å²) in [5.41, 5.74) is 0.997. The monoisotopic (exact) mass is 531 g/mol. The van der Waals surface area contributed by atoms with Gasteiger partial charge in [-0.3, -0.25) is 9.10 Å². The van der Waals surface area contributed by atoms with Crippen molar-refractivity contribution in [1.29, 1.82) is 0 Å². The van der Waals surface area contributed by atoms with Crippen LogP contribution in [0.25, 0.3) is 16.8 Å². The first-order valence-corrected chi connectivity index (χ1v) is 12.6. The van der Waals surface area contributed by atoms with Crippen molar-refractivity contribution in [2.75, 3.05) is 10.8 Å². The van der Waals surface area contributed by atoms with Gasteiger partial charge in [0.05, 0.1) is 22.7 Å². The number of sulfonamides is 1. The third-order valence-corrected chi connectivity index (χ3v) is 7.83. The minimum Gasteiger partial charge on any atom is -0.486 e. The van der Waals surface area contributed by atoms with E-state index in [1.54, 1.807) is 41.1 Å². The molecule has 2 aromatic carbocycles. The molecule has 0 saturated heterocycles. The van der Waals surface area contributed by atoms with Crippen LogP contribution in [0, 0.1) is 0 Å². The highest BCUT2D eigenvalue weighted by atomic mass is 32.2. The van der Waals surface area contributed by atoms with Gasteiger partial charge >= 0.3 is 12.1 Å². The van der Waals surface area contributed by atoms with Crippen LogP contribution in [0.15, 0.2) is 78.1 Å². The summed E-state index contributed by atoms with van der Waals surface area (Å²) in [6.07, 6.45) is -0.601. The summed E-state index contributed by atoms with van der Waals surface area (Å²) in [6, 6.07) is 12.0. The number of benzene rings is 2. The molecule has 1 atom stereocenters. The summed E-state index contributed by atoms with van der Waals surface area (Å²) in [5.74, 6) is -0.902. The van der Waals surface area contributed by atoms with E-state index in [1.165, 1.54) is 0 Å². The average Bonchev–Trinajstić information content (AvgIpc) is 3.35. The summed E-state index contributed by atoms with van der Waals surface area (Å²) in [7, 11) is -4.48. The summed E-state index contributed by atoms with van der Waals surface area (Å²) < 4.78 is 76.1. The van der Waals surface area contributed by atoms with Gasteiger partial charge in [0.25, 0.3) is 10.0 Å². The van der Waals surface area contributed by atoms with Crippen molar-refractivity contribution in [3.8, 4) is 16.9 Å². The van der Waals surface area contributed by atoms with Crippen LogP contribution in [0.4, 0.5) is 18.9 Å². The van der Waals surface area contributed by atoms with Crippen LogP contribution >= 0.6 is 0 Å². The second kappa shape index (κ2) is 9.11. The van der Waals surface area contributed by atoms with E-state index in [9.17, 15) is 26.4 Å². The number of carboxylic acids is 1. The van der Waals surface area contributed by atoms with E-state index in [0.717, 1.165) is 22.5 Å². The quantitative estimate of drug-likeness (QED) is 0.382. The molecule has 0 spiro atoms. The van der Waals surface area contributed by atoms with Crippen molar-refractivity contribution in [2.24, 2.45) is 0 Å². The highest BCUT2D eigenvalue weighted by Gasteiger charge is 2.37. The molecule has 1 aliphatic rings. The lowest BCUT2D eigenvalue weighted by molar-refractivity contribution is -0.138. The lowest BCUT2D eigenvalue weighted by Crippen LogP contribution is -2.43. The molecule has 0 unspecified atom stereocenters. The molecule has 0 saturated carbocycles. The van der Waals surface area contributed by atoms with Crippen LogP contribution in [0.1, 0.15) is 18.4 Å². The van der Waals surface area contributed by atoms with Crippen molar-refractivity contribution < 1.29 is 36.2 Å². The molecule has 4 aromatic rings. The lowest BCUT2D eigenvalue weighted by Gasteiger charge is -2.35. The second-order valence-electron chi connectivity index (χ2n) is 8.50. The van der Waals surface area contributed by atoms with Crippen LogP contribution in [0.5, 0.6) is 5.75 Å². The SMILES string of the molecule is O=C(O)CC[C@H]1CN(S(=O)(=O)c2cccc(C(F)(F)F)c2)c2cc(-c3cccn4ccnc34)ccc2O1. The minimum atomic E-state index is -4.73. The van der Waals surface area contributed by atoms with Gasteiger partial charge in [-0.25, -0.2) is 13.4 Å². The second-order valence-corrected chi connectivity index (χ2v) is 10.4. The summed E-state index contributed by atoms with van der Waals surface area (Å²) >= 11 is 0. The molecule has 5 rings (SSSR count). The molecule has 0 fully saturated rings. The molecule has 0 radical (unpaired) electrons. The molecule has 192 valence electrons. The fourth-order valence-corrected chi connectivity index (χ4v) is 5.82. The number of aliphatic carboxylic acids is 1. The van der Waals surface area contributed by atoms with Gasteiger partial charge in [0.1, 0.15) is 17.5 Å². The Morgan fingerprint density at radius 1 is 1.11 bits per heavy atom. The van der Waals surface area contributed by atoms with Crippen LogP contribution in [-0.4, -0.2) is 41.5 Å². The third-order valence-electron chi connectivity index (χ3n) is 6.05. The van der Waals surface area contributed by atoms with Gasteiger partial charge in [-0.15, -0.1) is 0 Å². The number of ether oxygens (including phenoxy) is 1. The van der Waals surface area contributed by atoms with E-state index >= 15 is 0 Å². The first-order valence-electron chi connectivity index (χ1n) is 11.2. The van der Waals surface area contributed by atoms with Gasteiger partial charge < -0.3 is 14.2 Å². The largest absolute Gasteiger partial charge is 0.486 e. The Morgan fingerprint density at radius 2 is 1.92 bits per heavy atom. The van der Waals surface area contributed by atoms with Crippen LogP contribution in [0.2, 0.25) is 0 Å². The Kier molecular flexibility index (Phi) is 6.06. The molecule has 0 bridgehead atoms. The van der Waals surface area contributed by atoms with Crippen molar-refractivity contribution >= 4 is 27.3 Å². The zero-order valence-corrected chi connectivity index (χ0v) is 19.9. The number of hydrogen-bond donors (Lipinski definition) is 1. The first-order chi connectivity index (χ1) is 17.5. The van der Waals surface area contributed by atoms with Crippen molar-refractivity contribution in [3.63, 3.8) is 0 Å². The van der Waals surface area contributed by atoms with Crippen LogP contribution < -0.4 is 9.04 Å². The van der Waals surface area contributed by atoms with Crippen molar-refractivity contribution in [1.82, 2.24) is 9.38 Å². The van der Waals surface area contributed by atoms with Crippen molar-refractivity contribution in [3.05, 3.63) is 78.8 Å². The summed E-state index contributed by atoms with van der Waals surface area (Å²) in [4.78, 5) is 14.9. The number of hydrogen-bond acceptors (Lipinski definition) is 5. The predicted octanol–water partition coefficient (Wildman–Crippen LogP) is 4.84. The number of halogens is 3. The molecule has 37 heavy (non-hydrogen) atoms. The fourth-order valence-electron chi connectivity index (χ4n) is 4.28. The zero-order chi connectivity index (χ0) is 26.4. The molecule has 3 heterocycles. The normalized spacial score (nSPS) is 15.9. The van der Waals surface area contributed by atoms with Gasteiger partial charge in [0, 0.05) is 30.6 Å². The topological polar surface area (TPSA) is 101 Å². The average molecular weight is 532 g/mol. The van der Waals surface area contributed by atoms with E-state index in [4.69, 9.17) is 9.84 Å². The number of nitrogens with zero attached hydrogens (tertiary/aromatic N) is 3. The molecule has 12 heteroatoms. The molecule has 1 N–H and O–H groups in total. The maximum absolute atomic E-state index is 13.7. The third kappa shape index (κ3) is 4.71. The number of rotatable bonds is 6. The minimum absolute atomic E-state index is 0.0124. The molecular formula is C25H20F3N3O5S. The zero-order valence-electron chi connectivity index (χ0n) is 19.1.